The van der Waals surface area contributed by atoms with Gasteiger partial charge >= 0.3 is 5.97 Å². The average molecular weight is 457 g/mol. The maximum absolute atomic E-state index is 10.2. The van der Waals surface area contributed by atoms with Crippen LogP contribution in [0.4, 0.5) is 0 Å². The molecule has 0 amide bonds. The molecule has 0 aliphatic heterocycles. The van der Waals surface area contributed by atoms with Gasteiger partial charge in [0, 0.05) is 0 Å². The topological polar surface area (TPSA) is 77.8 Å². The van der Waals surface area contributed by atoms with Crippen molar-refractivity contribution in [1.82, 2.24) is 0 Å². The summed E-state index contributed by atoms with van der Waals surface area (Å²) < 4.78 is 0. The van der Waals surface area contributed by atoms with Crippen LogP contribution < -0.4 is 0 Å². The summed E-state index contributed by atoms with van der Waals surface area (Å²) in [5.74, 6) is -1.16. The third kappa shape index (κ3) is 8.49. The first-order valence-corrected chi connectivity index (χ1v) is 4.63. The van der Waals surface area contributed by atoms with Gasteiger partial charge in [0.15, 0.2) is 6.10 Å². The average Bonchev–Trinajstić information content (AvgIpc) is 2.02. The molecule has 14 heavy (non-hydrogen) atoms. The van der Waals surface area contributed by atoms with Crippen molar-refractivity contribution >= 4 is 5.97 Å². The number of aliphatic carboxylic acids is 1. The predicted molar refractivity (Wildman–Crippen MR) is 48.4 cm³/mol. The molecule has 0 aromatic carbocycles. The van der Waals surface area contributed by atoms with Crippen LogP contribution in [0.5, 0.6) is 0 Å². The van der Waals surface area contributed by atoms with E-state index in [-0.39, 0.29) is 6.10 Å². The third-order valence-corrected chi connectivity index (χ3v) is 1.88. The summed E-state index contributed by atoms with van der Waals surface area (Å²) in [6.07, 6.45) is 1.95. The Morgan fingerprint density at radius 1 is 1.14 bits per heavy atom. The van der Waals surface area contributed by atoms with Crippen molar-refractivity contribution in [3.8, 4) is 0 Å². The number of carbonyl (C=O) groups is 1. The second-order valence-electron chi connectivity index (χ2n) is 3.34. The van der Waals surface area contributed by atoms with Crippen molar-refractivity contribution in [2.75, 3.05) is 0 Å². The van der Waals surface area contributed by atoms with Gasteiger partial charge in [0.05, 0.1) is 6.10 Å². The number of carboxylic acids is 1. The van der Waals surface area contributed by atoms with Crippen LogP contribution in [0.15, 0.2) is 0 Å². The first-order chi connectivity index (χ1) is 6.04. The zero-order chi connectivity index (χ0) is 10.3. The fourth-order valence-electron chi connectivity index (χ4n) is 1.08. The van der Waals surface area contributed by atoms with E-state index in [1.165, 1.54) is 0 Å². The molecular formula is C9H18O4Rf. The van der Waals surface area contributed by atoms with Crippen LogP contribution in [0.2, 0.25) is 0 Å². The molecule has 0 heterocycles. The van der Waals surface area contributed by atoms with Gasteiger partial charge in [0.2, 0.25) is 0 Å². The molecule has 0 aliphatic carbocycles. The molecule has 0 spiro atoms. The molecule has 0 saturated heterocycles. The summed E-state index contributed by atoms with van der Waals surface area (Å²) in [5, 5.41) is 26.1. The maximum atomic E-state index is 10.2. The van der Waals surface area contributed by atoms with Crippen LogP contribution in [0, 0.1) is 0 Å². The first kappa shape index (κ1) is 14.9. The van der Waals surface area contributed by atoms with Crippen molar-refractivity contribution < 1.29 is 20.1 Å². The molecule has 0 aliphatic rings. The smallest absolute Gasteiger partial charge is 0.332 e. The molecule has 3 N–H and O–H groups in total. The van der Waals surface area contributed by atoms with Gasteiger partial charge in [-0.15, -0.1) is 0 Å². The Labute approximate surface area is 78.2 Å². The standard InChI is InChI=1S/C9H18O4.Rf/c1-7(10)5-3-2-4-6-8(11)9(12)13;/h7-8,10-11H,2-6H2,1H3,(H,12,13);. The Balaban J connectivity index is 0. The fraction of sp³-hybridized carbons (Fsp3) is 0.889. The molecule has 0 rings (SSSR count). The number of rotatable bonds is 7. The van der Waals surface area contributed by atoms with Crippen molar-refractivity contribution in [3.63, 3.8) is 0 Å². The van der Waals surface area contributed by atoms with Gasteiger partial charge in [-0.05, 0) is 19.8 Å². The minimum Gasteiger partial charge on any atom is -0.479 e. The largest absolute Gasteiger partial charge is 0.479 e. The Hall–Kier alpha value is -1.61. The quantitative estimate of drug-likeness (QED) is 0.494. The number of carboxylic acid groups (broad SMARTS) is 1. The van der Waals surface area contributed by atoms with Gasteiger partial charge in [-0.3, -0.25) is 0 Å². The molecule has 0 aromatic heterocycles. The summed E-state index contributed by atoms with van der Waals surface area (Å²) in [4.78, 5) is 10.2. The zero-order valence-electron chi connectivity index (χ0n) is 8.65. The Morgan fingerprint density at radius 3 is 2.07 bits per heavy atom. The molecule has 4 nitrogen and oxygen atoms in total. The van der Waals surface area contributed by atoms with E-state index in [9.17, 15) is 4.79 Å². The monoisotopic (exact) mass is 457 g/mol. The number of aliphatic hydroxyl groups is 2. The van der Waals surface area contributed by atoms with E-state index in [0.717, 1.165) is 19.3 Å². The van der Waals surface area contributed by atoms with E-state index in [2.05, 4.69) is 0 Å². The minimum absolute atomic E-state index is 0. The van der Waals surface area contributed by atoms with Crippen molar-refractivity contribution in [3.05, 3.63) is 0 Å². The van der Waals surface area contributed by atoms with Gasteiger partial charge in [-0.1, -0.05) is 19.3 Å². The maximum Gasteiger partial charge on any atom is 0.332 e. The number of hydrogen-bond donors (Lipinski definition) is 3. The summed E-state index contributed by atoms with van der Waals surface area (Å²) in [6.45, 7) is 1.73. The van der Waals surface area contributed by atoms with Crippen molar-refractivity contribution in [2.45, 2.75) is 51.2 Å². The summed E-state index contributed by atoms with van der Waals surface area (Å²) in [7, 11) is 0. The van der Waals surface area contributed by atoms with E-state index >= 15 is 0 Å². The number of hydrogen-bond acceptors (Lipinski definition) is 3. The molecule has 0 bridgehead atoms. The van der Waals surface area contributed by atoms with Crippen LogP contribution in [0.25, 0.3) is 0 Å². The van der Waals surface area contributed by atoms with Crippen molar-refractivity contribution in [1.29, 1.82) is 0 Å². The molecule has 5 heteroatoms. The molecule has 0 saturated carbocycles. The molecular weight excluding hydrogens is 439 g/mol. The zero-order valence-corrected chi connectivity index (χ0v) is 15.0. The Kier molecular flexibility index (Phi) is 8.52. The van der Waals surface area contributed by atoms with E-state index in [0.29, 0.717) is 12.8 Å². The van der Waals surface area contributed by atoms with Gasteiger partial charge in [0.25, 0.3) is 0 Å². The van der Waals surface area contributed by atoms with Crippen LogP contribution >= 0.6 is 0 Å². The second kappa shape index (κ2) is 8.01. The van der Waals surface area contributed by atoms with Crippen LogP contribution in [-0.2, 0) is 4.79 Å². The van der Waals surface area contributed by atoms with Gasteiger partial charge in [-0.25, -0.2) is 4.79 Å². The van der Waals surface area contributed by atoms with E-state index in [1.54, 1.807) is 6.92 Å². The van der Waals surface area contributed by atoms with Gasteiger partial charge in [0.1, 0.15) is 0 Å². The second-order valence-corrected chi connectivity index (χ2v) is 3.34. The molecule has 80 valence electrons. The fourth-order valence-corrected chi connectivity index (χ4v) is 1.08. The van der Waals surface area contributed by atoms with E-state index in [4.69, 9.17) is 15.3 Å². The normalized spacial score (nSPS) is 14.2. The SMILES string of the molecule is CC(O)CCCCCC(O)C(=O)O.[Rf]. The number of unbranched alkanes of at least 4 members (excludes halogenated alkanes) is 2. The summed E-state index contributed by atoms with van der Waals surface area (Å²) in [6, 6.07) is 0. The Morgan fingerprint density at radius 2 is 1.64 bits per heavy atom. The molecule has 2 unspecified atom stereocenters. The predicted octanol–water partition coefficient (Wildman–Crippen LogP) is 0.763. The minimum atomic E-state index is -1.23. The molecule has 0 radical (unpaired) electrons. The summed E-state index contributed by atoms with van der Waals surface area (Å²) in [5.41, 5.74) is 0. The first-order valence-electron chi connectivity index (χ1n) is 4.63. The van der Waals surface area contributed by atoms with Crippen LogP contribution in [-0.4, -0.2) is 33.5 Å². The third-order valence-electron chi connectivity index (χ3n) is 1.88. The van der Waals surface area contributed by atoms with Gasteiger partial charge in [-0.2, -0.15) is 0 Å². The van der Waals surface area contributed by atoms with E-state index < -0.39 is 12.1 Å². The van der Waals surface area contributed by atoms with Crippen LogP contribution in [0.1, 0.15) is 39.0 Å². The van der Waals surface area contributed by atoms with Crippen LogP contribution in [0.3, 0.4) is 0 Å². The van der Waals surface area contributed by atoms with Gasteiger partial charge < -0.3 is 15.3 Å². The Bertz CT molecular complexity index is 150. The molecule has 0 fully saturated rings. The summed E-state index contributed by atoms with van der Waals surface area (Å²) >= 11 is 0. The molecule has 0 aromatic rings. The van der Waals surface area contributed by atoms with E-state index in [1.807, 2.05) is 0 Å². The molecule has 2 atom stereocenters. The van der Waals surface area contributed by atoms with Crippen molar-refractivity contribution in [2.24, 2.45) is 0 Å². The number of aliphatic hydroxyl groups excluding tert-OH is 2.